The number of fused-ring (bicyclic) bond motifs is 1. The van der Waals surface area contributed by atoms with Crippen molar-refractivity contribution in [2.75, 3.05) is 0 Å². The Morgan fingerprint density at radius 3 is 2.95 bits per heavy atom. The maximum atomic E-state index is 12.2. The van der Waals surface area contributed by atoms with E-state index in [9.17, 15) is 4.79 Å². The normalized spacial score (nSPS) is 25.8. The van der Waals surface area contributed by atoms with Gasteiger partial charge in [-0.05, 0) is 30.6 Å². The highest BCUT2D eigenvalue weighted by atomic mass is 16.5. The fourth-order valence-electron chi connectivity index (χ4n) is 3.52. The molecule has 0 aliphatic heterocycles. The summed E-state index contributed by atoms with van der Waals surface area (Å²) in [7, 11) is 0. The molecule has 0 radical (unpaired) electrons. The smallest absolute Gasteiger partial charge is 0.355 e. The summed E-state index contributed by atoms with van der Waals surface area (Å²) in [5, 5.41) is 0. The molecule has 4 heteroatoms. The number of ether oxygens (including phenoxy) is 1. The van der Waals surface area contributed by atoms with Gasteiger partial charge in [-0.25, -0.2) is 4.79 Å². The van der Waals surface area contributed by atoms with Crippen molar-refractivity contribution in [3.05, 3.63) is 24.1 Å². The summed E-state index contributed by atoms with van der Waals surface area (Å²) in [5.74, 6) is 0.308. The molecule has 1 aliphatic rings. The van der Waals surface area contributed by atoms with Gasteiger partial charge in [0.2, 0.25) is 0 Å². The van der Waals surface area contributed by atoms with Crippen LogP contribution in [0.3, 0.4) is 0 Å². The second-order valence-corrected chi connectivity index (χ2v) is 6.82. The zero-order valence-electron chi connectivity index (χ0n) is 12.2. The number of furan rings is 1. The maximum absolute atomic E-state index is 12.2. The molecule has 2 aromatic heterocycles. The van der Waals surface area contributed by atoms with Gasteiger partial charge in [-0.15, -0.1) is 0 Å². The van der Waals surface area contributed by atoms with E-state index in [2.05, 4.69) is 25.8 Å². The van der Waals surface area contributed by atoms with Crippen LogP contribution in [0.4, 0.5) is 0 Å². The molecule has 1 saturated carbocycles. The van der Waals surface area contributed by atoms with Crippen LogP contribution >= 0.6 is 0 Å². The molecule has 108 valence electrons. The topological polar surface area (TPSA) is 55.2 Å². The summed E-state index contributed by atoms with van der Waals surface area (Å²) >= 11 is 0. The maximum Gasteiger partial charge on any atom is 0.355 e. The third-order valence-corrected chi connectivity index (χ3v) is 4.08. The van der Waals surface area contributed by atoms with Crippen LogP contribution in [-0.4, -0.2) is 17.1 Å². The number of carbonyl (C=O) groups excluding carboxylic acids is 1. The van der Waals surface area contributed by atoms with Gasteiger partial charge < -0.3 is 14.1 Å². The fourth-order valence-corrected chi connectivity index (χ4v) is 3.52. The monoisotopic (exact) mass is 275 g/mol. The molecule has 1 fully saturated rings. The molecule has 3 rings (SSSR count). The lowest BCUT2D eigenvalue weighted by Gasteiger charge is -2.38. The van der Waals surface area contributed by atoms with Gasteiger partial charge in [0.25, 0.3) is 0 Å². The van der Waals surface area contributed by atoms with Crippen LogP contribution in [-0.2, 0) is 4.74 Å². The van der Waals surface area contributed by atoms with Crippen LogP contribution in [0.15, 0.2) is 22.8 Å². The van der Waals surface area contributed by atoms with Gasteiger partial charge in [-0.1, -0.05) is 20.8 Å². The first-order valence-electron chi connectivity index (χ1n) is 7.20. The van der Waals surface area contributed by atoms with Crippen molar-refractivity contribution in [1.82, 2.24) is 4.98 Å². The number of hydrogen-bond donors (Lipinski definition) is 1. The van der Waals surface area contributed by atoms with Crippen LogP contribution < -0.4 is 0 Å². The molecule has 0 saturated heterocycles. The van der Waals surface area contributed by atoms with Crippen molar-refractivity contribution in [3.63, 3.8) is 0 Å². The number of carbonyl (C=O) groups is 1. The van der Waals surface area contributed by atoms with Crippen molar-refractivity contribution in [1.29, 1.82) is 0 Å². The number of esters is 1. The van der Waals surface area contributed by atoms with Crippen LogP contribution in [0, 0.1) is 11.3 Å². The lowest BCUT2D eigenvalue weighted by atomic mass is 9.71. The number of nitrogens with one attached hydrogen (secondary N) is 1. The summed E-state index contributed by atoms with van der Waals surface area (Å²) in [5.41, 5.74) is 2.23. The Labute approximate surface area is 118 Å². The SMILES string of the molecule is CC1CC(OC(=O)c2cc3occc3[nH]2)CC(C)(C)C1. The van der Waals surface area contributed by atoms with E-state index in [1.54, 1.807) is 18.4 Å². The molecular formula is C16H21NO3. The minimum absolute atomic E-state index is 0.0100. The number of aromatic amines is 1. The zero-order valence-corrected chi connectivity index (χ0v) is 12.2. The minimum atomic E-state index is -0.286. The molecule has 0 amide bonds. The van der Waals surface area contributed by atoms with Gasteiger partial charge in [0.15, 0.2) is 5.58 Å². The second kappa shape index (κ2) is 4.69. The van der Waals surface area contributed by atoms with Gasteiger partial charge >= 0.3 is 5.97 Å². The lowest BCUT2D eigenvalue weighted by molar-refractivity contribution is -0.00758. The molecular weight excluding hydrogens is 254 g/mol. The average molecular weight is 275 g/mol. The van der Waals surface area contributed by atoms with Gasteiger partial charge in [0, 0.05) is 12.1 Å². The summed E-state index contributed by atoms with van der Waals surface area (Å²) in [4.78, 5) is 15.2. The number of hydrogen-bond acceptors (Lipinski definition) is 3. The summed E-state index contributed by atoms with van der Waals surface area (Å²) in [6.45, 7) is 6.71. The average Bonchev–Trinajstić information content (AvgIpc) is 2.84. The molecule has 4 nitrogen and oxygen atoms in total. The van der Waals surface area contributed by atoms with Crippen molar-refractivity contribution in [2.45, 2.75) is 46.1 Å². The van der Waals surface area contributed by atoms with Gasteiger partial charge in [0.05, 0.1) is 11.8 Å². The fraction of sp³-hybridized carbons (Fsp3) is 0.562. The summed E-state index contributed by atoms with van der Waals surface area (Å²) < 4.78 is 10.9. The van der Waals surface area contributed by atoms with Gasteiger partial charge in [0.1, 0.15) is 11.8 Å². The first-order valence-corrected chi connectivity index (χ1v) is 7.20. The number of H-pyrrole nitrogens is 1. The Bertz CT molecular complexity index is 594. The first kappa shape index (κ1) is 13.3. The minimum Gasteiger partial charge on any atom is -0.463 e. The quantitative estimate of drug-likeness (QED) is 0.838. The summed E-state index contributed by atoms with van der Waals surface area (Å²) in [6.07, 6.45) is 4.68. The van der Waals surface area contributed by atoms with E-state index in [-0.39, 0.29) is 17.5 Å². The van der Waals surface area contributed by atoms with Gasteiger partial charge in [-0.3, -0.25) is 0 Å². The Kier molecular flexibility index (Phi) is 3.11. The first-order chi connectivity index (χ1) is 9.43. The van der Waals surface area contributed by atoms with E-state index >= 15 is 0 Å². The standard InChI is InChI=1S/C16H21NO3/c1-10-6-11(9-16(2,3)8-10)20-15(18)13-7-14-12(17-13)4-5-19-14/h4-5,7,10-11,17H,6,8-9H2,1-3H3. The van der Waals surface area contributed by atoms with Crippen molar-refractivity contribution in [3.8, 4) is 0 Å². The largest absolute Gasteiger partial charge is 0.463 e. The Morgan fingerprint density at radius 2 is 2.25 bits per heavy atom. The van der Waals surface area contributed by atoms with Crippen LogP contribution in [0.1, 0.15) is 50.5 Å². The van der Waals surface area contributed by atoms with E-state index in [1.165, 1.54) is 6.42 Å². The predicted molar refractivity (Wildman–Crippen MR) is 76.6 cm³/mol. The van der Waals surface area contributed by atoms with Crippen molar-refractivity contribution in [2.24, 2.45) is 11.3 Å². The third kappa shape index (κ3) is 2.60. The molecule has 0 aromatic carbocycles. The lowest BCUT2D eigenvalue weighted by Crippen LogP contribution is -2.34. The molecule has 0 bridgehead atoms. The van der Waals surface area contributed by atoms with E-state index in [0.717, 1.165) is 18.4 Å². The van der Waals surface area contributed by atoms with Crippen LogP contribution in [0.2, 0.25) is 0 Å². The molecule has 2 unspecified atom stereocenters. The molecule has 0 spiro atoms. The summed E-state index contributed by atoms with van der Waals surface area (Å²) in [6, 6.07) is 3.51. The molecule has 1 N–H and O–H groups in total. The Morgan fingerprint density at radius 1 is 1.45 bits per heavy atom. The highest BCUT2D eigenvalue weighted by molar-refractivity contribution is 5.93. The van der Waals surface area contributed by atoms with Crippen LogP contribution in [0.25, 0.3) is 11.1 Å². The number of rotatable bonds is 2. The van der Waals surface area contributed by atoms with E-state index < -0.39 is 0 Å². The highest BCUT2D eigenvalue weighted by Gasteiger charge is 2.34. The van der Waals surface area contributed by atoms with E-state index in [4.69, 9.17) is 9.15 Å². The highest BCUT2D eigenvalue weighted by Crippen LogP contribution is 2.39. The molecule has 20 heavy (non-hydrogen) atoms. The van der Waals surface area contributed by atoms with Crippen molar-refractivity contribution < 1.29 is 13.9 Å². The van der Waals surface area contributed by atoms with Crippen LogP contribution in [0.5, 0.6) is 0 Å². The predicted octanol–water partition coefficient (Wildman–Crippen LogP) is 4.13. The number of aromatic nitrogens is 1. The molecule has 1 aliphatic carbocycles. The molecule has 2 aromatic rings. The Balaban J connectivity index is 1.70. The second-order valence-electron chi connectivity index (χ2n) is 6.82. The Hall–Kier alpha value is -1.71. The molecule has 2 atom stereocenters. The van der Waals surface area contributed by atoms with Gasteiger partial charge in [-0.2, -0.15) is 0 Å². The zero-order chi connectivity index (χ0) is 14.3. The van der Waals surface area contributed by atoms with E-state index in [0.29, 0.717) is 17.2 Å². The molecule has 2 heterocycles. The van der Waals surface area contributed by atoms with E-state index in [1.807, 2.05) is 0 Å². The van der Waals surface area contributed by atoms with Crippen molar-refractivity contribution >= 4 is 17.1 Å². The third-order valence-electron chi connectivity index (χ3n) is 4.08.